The van der Waals surface area contributed by atoms with Gasteiger partial charge in [0, 0.05) is 23.6 Å². The van der Waals surface area contributed by atoms with E-state index in [0.29, 0.717) is 16.6 Å². The van der Waals surface area contributed by atoms with Crippen LogP contribution in [0.5, 0.6) is 5.75 Å². The van der Waals surface area contributed by atoms with Crippen LogP contribution in [0.15, 0.2) is 47.6 Å². The molecule has 2 N–H and O–H groups in total. The van der Waals surface area contributed by atoms with Gasteiger partial charge in [0.05, 0.1) is 17.7 Å². The van der Waals surface area contributed by atoms with Gasteiger partial charge in [-0.25, -0.2) is 0 Å². The molecule has 0 saturated heterocycles. The van der Waals surface area contributed by atoms with Gasteiger partial charge in [0.15, 0.2) is 0 Å². The van der Waals surface area contributed by atoms with Crippen molar-refractivity contribution in [1.29, 1.82) is 0 Å². The first-order valence-corrected chi connectivity index (χ1v) is 8.15. The standard InChI is InChI=1S/C15H14N6O3S/c1-24-14-4-2-12(3-5-14)20-15(17-18-19-20)25-9-10-6-11(16)8-13(7-10)21(22)23/h2-8H,9,16H2,1H3. The highest BCUT2D eigenvalue weighted by atomic mass is 32.2. The quantitative estimate of drug-likeness (QED) is 0.308. The van der Waals surface area contributed by atoms with Gasteiger partial charge in [-0.1, -0.05) is 11.8 Å². The van der Waals surface area contributed by atoms with Gasteiger partial charge in [0.1, 0.15) is 5.75 Å². The number of aromatic nitrogens is 4. The molecule has 0 aliphatic carbocycles. The van der Waals surface area contributed by atoms with Gasteiger partial charge in [-0.05, 0) is 46.3 Å². The van der Waals surface area contributed by atoms with Gasteiger partial charge in [0.2, 0.25) is 5.16 Å². The molecule has 0 aliphatic rings. The number of nitrogens with zero attached hydrogens (tertiary/aromatic N) is 5. The zero-order valence-corrected chi connectivity index (χ0v) is 14.0. The first kappa shape index (κ1) is 16.7. The normalized spacial score (nSPS) is 10.6. The second-order valence-electron chi connectivity index (χ2n) is 5.05. The molecule has 0 spiro atoms. The molecule has 3 aromatic rings. The molecular formula is C15H14N6O3S. The van der Waals surface area contributed by atoms with E-state index in [1.807, 2.05) is 24.3 Å². The minimum absolute atomic E-state index is 0.0367. The smallest absolute Gasteiger partial charge is 0.271 e. The first-order valence-electron chi connectivity index (χ1n) is 7.16. The second-order valence-corrected chi connectivity index (χ2v) is 5.99. The summed E-state index contributed by atoms with van der Waals surface area (Å²) >= 11 is 1.36. The zero-order chi connectivity index (χ0) is 17.8. The van der Waals surface area contributed by atoms with E-state index in [1.54, 1.807) is 17.9 Å². The summed E-state index contributed by atoms with van der Waals surface area (Å²) in [5.41, 5.74) is 7.54. The fourth-order valence-electron chi connectivity index (χ4n) is 2.19. The van der Waals surface area contributed by atoms with E-state index in [9.17, 15) is 10.1 Å². The van der Waals surface area contributed by atoms with Gasteiger partial charge < -0.3 is 10.5 Å². The molecule has 3 rings (SSSR count). The minimum Gasteiger partial charge on any atom is -0.497 e. The van der Waals surface area contributed by atoms with E-state index in [2.05, 4.69) is 15.5 Å². The van der Waals surface area contributed by atoms with Crippen molar-refractivity contribution in [2.45, 2.75) is 10.9 Å². The average Bonchev–Trinajstić information content (AvgIpc) is 3.08. The number of nitro groups is 1. The molecule has 0 amide bonds. The average molecular weight is 358 g/mol. The first-order chi connectivity index (χ1) is 12.1. The van der Waals surface area contributed by atoms with Crippen molar-refractivity contribution in [1.82, 2.24) is 20.2 Å². The summed E-state index contributed by atoms with van der Waals surface area (Å²) in [4.78, 5) is 10.5. The summed E-state index contributed by atoms with van der Waals surface area (Å²) in [6.45, 7) is 0. The highest BCUT2D eigenvalue weighted by Crippen LogP contribution is 2.26. The van der Waals surface area contributed by atoms with Gasteiger partial charge in [-0.15, -0.1) is 5.10 Å². The molecule has 9 nitrogen and oxygen atoms in total. The van der Waals surface area contributed by atoms with Crippen LogP contribution in [0.1, 0.15) is 5.56 Å². The summed E-state index contributed by atoms with van der Waals surface area (Å²) in [7, 11) is 1.60. The molecule has 25 heavy (non-hydrogen) atoms. The fourth-order valence-corrected chi connectivity index (χ4v) is 3.01. The number of non-ortho nitro benzene ring substituents is 1. The van der Waals surface area contributed by atoms with E-state index in [1.165, 1.54) is 23.9 Å². The number of methoxy groups -OCH3 is 1. The van der Waals surface area contributed by atoms with Gasteiger partial charge in [0.25, 0.3) is 5.69 Å². The Kier molecular flexibility index (Phi) is 4.80. The van der Waals surface area contributed by atoms with Gasteiger partial charge in [-0.2, -0.15) is 4.68 Å². The van der Waals surface area contributed by atoms with Crippen molar-refractivity contribution >= 4 is 23.1 Å². The van der Waals surface area contributed by atoms with Crippen molar-refractivity contribution < 1.29 is 9.66 Å². The lowest BCUT2D eigenvalue weighted by Crippen LogP contribution is -1.99. The van der Waals surface area contributed by atoms with Crippen molar-refractivity contribution in [3.63, 3.8) is 0 Å². The van der Waals surface area contributed by atoms with Gasteiger partial charge >= 0.3 is 0 Å². The Bertz CT molecular complexity index is 897. The van der Waals surface area contributed by atoms with Crippen LogP contribution in [0.3, 0.4) is 0 Å². The molecule has 128 valence electrons. The van der Waals surface area contributed by atoms with E-state index in [-0.39, 0.29) is 5.69 Å². The number of thioether (sulfide) groups is 1. The molecule has 0 fully saturated rings. The number of hydrogen-bond donors (Lipinski definition) is 1. The molecule has 0 saturated carbocycles. The molecule has 0 bridgehead atoms. The van der Waals surface area contributed by atoms with E-state index in [0.717, 1.165) is 17.0 Å². The maximum absolute atomic E-state index is 10.9. The number of nitrogen functional groups attached to an aromatic ring is 1. The molecule has 1 heterocycles. The molecular weight excluding hydrogens is 344 g/mol. The van der Waals surface area contributed by atoms with Crippen LogP contribution in [0.25, 0.3) is 5.69 Å². The van der Waals surface area contributed by atoms with E-state index in [4.69, 9.17) is 10.5 Å². The number of nitro benzene ring substituents is 1. The highest BCUT2D eigenvalue weighted by molar-refractivity contribution is 7.98. The molecule has 1 aromatic heterocycles. The summed E-state index contributed by atoms with van der Waals surface area (Å²) in [5, 5.41) is 23.2. The lowest BCUT2D eigenvalue weighted by molar-refractivity contribution is -0.384. The third-order valence-corrected chi connectivity index (χ3v) is 4.33. The fraction of sp³-hybridized carbons (Fsp3) is 0.133. The Morgan fingerprint density at radius 3 is 2.72 bits per heavy atom. The summed E-state index contributed by atoms with van der Waals surface area (Å²) in [6, 6.07) is 11.8. The zero-order valence-electron chi connectivity index (χ0n) is 13.2. The lowest BCUT2D eigenvalue weighted by Gasteiger charge is -2.06. The molecule has 0 unspecified atom stereocenters. The largest absolute Gasteiger partial charge is 0.497 e. The lowest BCUT2D eigenvalue weighted by atomic mass is 10.2. The van der Waals surface area contributed by atoms with Crippen LogP contribution >= 0.6 is 11.8 Å². The van der Waals surface area contributed by atoms with Crippen molar-refractivity contribution in [3.05, 3.63) is 58.1 Å². The molecule has 0 aliphatic heterocycles. The maximum Gasteiger partial charge on any atom is 0.271 e. The van der Waals surface area contributed by atoms with Crippen molar-refractivity contribution in [2.24, 2.45) is 0 Å². The van der Waals surface area contributed by atoms with Crippen LogP contribution in [0.2, 0.25) is 0 Å². The molecule has 10 heteroatoms. The van der Waals surface area contributed by atoms with Crippen LogP contribution in [0.4, 0.5) is 11.4 Å². The van der Waals surface area contributed by atoms with Gasteiger partial charge in [-0.3, -0.25) is 10.1 Å². The molecule has 0 atom stereocenters. The third-order valence-electron chi connectivity index (χ3n) is 3.34. The number of ether oxygens (including phenoxy) is 1. The number of hydrogen-bond acceptors (Lipinski definition) is 8. The second kappa shape index (κ2) is 7.18. The number of anilines is 1. The minimum atomic E-state index is -0.466. The predicted octanol–water partition coefficient (Wildman–Crippen LogP) is 2.45. The molecule has 0 radical (unpaired) electrons. The van der Waals surface area contributed by atoms with Crippen LogP contribution in [0, 0.1) is 10.1 Å². The number of benzene rings is 2. The molecule has 2 aromatic carbocycles. The number of nitrogens with two attached hydrogens (primary N) is 1. The van der Waals surface area contributed by atoms with E-state index >= 15 is 0 Å². The topological polar surface area (TPSA) is 122 Å². The maximum atomic E-state index is 10.9. The Hall–Kier alpha value is -3.14. The van der Waals surface area contributed by atoms with E-state index < -0.39 is 4.92 Å². The number of rotatable bonds is 6. The predicted molar refractivity (Wildman–Crippen MR) is 92.8 cm³/mol. The summed E-state index contributed by atoms with van der Waals surface area (Å²) in [5.74, 6) is 1.18. The van der Waals surface area contributed by atoms with Crippen LogP contribution < -0.4 is 10.5 Å². The Balaban J connectivity index is 1.79. The Morgan fingerprint density at radius 1 is 1.28 bits per heavy atom. The van der Waals surface area contributed by atoms with Crippen molar-refractivity contribution in [3.8, 4) is 11.4 Å². The Morgan fingerprint density at radius 2 is 2.04 bits per heavy atom. The SMILES string of the molecule is COc1ccc(-n2nnnc2SCc2cc(N)cc([N+](=O)[O-])c2)cc1. The number of tetrazole rings is 1. The van der Waals surface area contributed by atoms with Crippen LogP contribution in [-0.4, -0.2) is 32.2 Å². The summed E-state index contributed by atoms with van der Waals surface area (Å²) < 4.78 is 6.72. The summed E-state index contributed by atoms with van der Waals surface area (Å²) in [6.07, 6.45) is 0. The highest BCUT2D eigenvalue weighted by Gasteiger charge is 2.12. The monoisotopic (exact) mass is 358 g/mol. The third kappa shape index (κ3) is 3.86. The van der Waals surface area contributed by atoms with Crippen LogP contribution in [-0.2, 0) is 5.75 Å². The van der Waals surface area contributed by atoms with Crippen molar-refractivity contribution in [2.75, 3.05) is 12.8 Å². The Labute approximate surface area is 146 Å².